The Hall–Kier alpha value is -2.64. The van der Waals surface area contributed by atoms with Gasteiger partial charge in [-0.25, -0.2) is 0 Å². The minimum Gasteiger partial charge on any atom is -0.390 e. The molecule has 0 aromatic carbocycles. The lowest BCUT2D eigenvalue weighted by Crippen LogP contribution is -2.13. The van der Waals surface area contributed by atoms with Gasteiger partial charge in [-0.15, -0.1) is 20.4 Å². The second-order valence-electron chi connectivity index (χ2n) is 6.20. The molecular weight excluding hydrogens is 501 g/mol. The summed E-state index contributed by atoms with van der Waals surface area (Å²) in [5.74, 6) is -2.24. The van der Waals surface area contributed by atoms with Gasteiger partial charge in [-0.1, -0.05) is 37.6 Å². The lowest BCUT2D eigenvalue weighted by Gasteiger charge is -2.09. The van der Waals surface area contributed by atoms with Crippen molar-refractivity contribution in [2.75, 3.05) is 0 Å². The van der Waals surface area contributed by atoms with Gasteiger partial charge in [0, 0.05) is 5.69 Å². The van der Waals surface area contributed by atoms with Gasteiger partial charge in [0.1, 0.15) is 0 Å². The quantitative estimate of drug-likeness (QED) is 0.356. The number of nitrogens with zero attached hydrogens (tertiary/aromatic N) is 6. The zero-order chi connectivity index (χ0) is 23.8. The van der Waals surface area contributed by atoms with Gasteiger partial charge in [0.05, 0.1) is 22.3 Å². The minimum absolute atomic E-state index is 0. The van der Waals surface area contributed by atoms with Crippen molar-refractivity contribution in [3.05, 3.63) is 57.3 Å². The molecule has 4 aromatic heterocycles. The summed E-state index contributed by atoms with van der Waals surface area (Å²) < 4.78 is 77.2. The molecule has 0 aliphatic heterocycles. The van der Waals surface area contributed by atoms with Crippen LogP contribution in [-0.4, -0.2) is 34.3 Å². The molecule has 180 valence electrons. The highest BCUT2D eigenvalue weighted by atomic mass is 35.5. The Bertz CT molecular complexity index is 1170. The van der Waals surface area contributed by atoms with E-state index in [1.54, 1.807) is 6.92 Å². The van der Waals surface area contributed by atoms with Crippen molar-refractivity contribution in [2.24, 2.45) is 0 Å². The van der Waals surface area contributed by atoms with Crippen molar-refractivity contribution in [3.8, 4) is 0 Å². The zero-order valence-electron chi connectivity index (χ0n) is 15.9. The van der Waals surface area contributed by atoms with Crippen LogP contribution in [0.5, 0.6) is 0 Å². The topological polar surface area (TPSA) is 80.6 Å². The predicted molar refractivity (Wildman–Crippen MR) is 108 cm³/mol. The van der Waals surface area contributed by atoms with Crippen molar-refractivity contribution >= 4 is 34.5 Å². The van der Waals surface area contributed by atoms with E-state index in [4.69, 9.17) is 28.3 Å². The van der Waals surface area contributed by atoms with Crippen LogP contribution in [0.25, 0.3) is 11.3 Å². The summed E-state index contributed by atoms with van der Waals surface area (Å²) in [6.45, 7) is 1.10. The van der Waals surface area contributed by atoms with Crippen molar-refractivity contribution < 1.29 is 31.4 Å². The summed E-state index contributed by atoms with van der Waals surface area (Å²) in [6, 6.07) is 5.58. The van der Waals surface area contributed by atoms with Crippen LogP contribution in [0.15, 0.2) is 24.3 Å². The van der Waals surface area contributed by atoms with Crippen molar-refractivity contribution in [3.63, 3.8) is 0 Å². The van der Waals surface area contributed by atoms with Crippen LogP contribution in [0, 0.1) is 0 Å². The van der Waals surface area contributed by atoms with E-state index >= 15 is 0 Å². The molecule has 4 heterocycles. The predicted octanol–water partition coefficient (Wildman–Crippen LogP) is 5.49. The normalized spacial score (nSPS) is 11.9. The van der Waals surface area contributed by atoms with Gasteiger partial charge in [-0.2, -0.15) is 26.3 Å². The average Bonchev–Trinajstić information content (AvgIpc) is 3.32. The number of halogens is 8. The first kappa shape index (κ1) is 26.6. The van der Waals surface area contributed by atoms with E-state index in [2.05, 4.69) is 20.4 Å². The Kier molecular flexibility index (Phi) is 7.82. The first-order valence-corrected chi connectivity index (χ1v) is 9.46. The maximum absolute atomic E-state index is 12.6. The van der Waals surface area contributed by atoms with Gasteiger partial charge < -0.3 is 5.11 Å². The second-order valence-corrected chi connectivity index (χ2v) is 7.01. The van der Waals surface area contributed by atoms with E-state index < -0.39 is 30.6 Å². The van der Waals surface area contributed by atoms with E-state index in [1.807, 2.05) is 0 Å². The summed E-state index contributed by atoms with van der Waals surface area (Å²) in [7, 11) is 0. The summed E-state index contributed by atoms with van der Waals surface area (Å²) in [6.07, 6.45) is -8.81. The van der Waals surface area contributed by atoms with Crippen LogP contribution in [0.1, 0.15) is 37.4 Å². The summed E-state index contributed by atoms with van der Waals surface area (Å²) >= 11 is 11.5. The largest absolute Gasteiger partial charge is 0.452 e. The van der Waals surface area contributed by atoms with E-state index in [0.29, 0.717) is 16.5 Å². The molecule has 0 atom stereocenters. The average molecular weight is 517 g/mol. The van der Waals surface area contributed by atoms with Crippen molar-refractivity contribution in [2.45, 2.75) is 39.7 Å². The Morgan fingerprint density at radius 3 is 1.52 bits per heavy atom. The lowest BCUT2D eigenvalue weighted by molar-refractivity contribution is -0.146. The summed E-state index contributed by atoms with van der Waals surface area (Å²) in [5, 5.41) is 22.3. The monoisotopic (exact) mass is 516 g/mol. The minimum atomic E-state index is -4.64. The van der Waals surface area contributed by atoms with Crippen LogP contribution in [0.4, 0.5) is 26.3 Å². The van der Waals surface area contributed by atoms with Gasteiger partial charge in [0.25, 0.3) is 0 Å². The number of aliphatic hydroxyl groups excluding tert-OH is 1. The molecular formula is C18H16Cl2F6N6O. The fourth-order valence-electron chi connectivity index (χ4n) is 2.88. The maximum atomic E-state index is 12.6. The number of hydrogen-bond donors (Lipinski definition) is 1. The Labute approximate surface area is 192 Å². The Morgan fingerprint density at radius 2 is 1.15 bits per heavy atom. The summed E-state index contributed by atoms with van der Waals surface area (Å²) in [5.41, 5.74) is 0.405. The first-order valence-electron chi connectivity index (χ1n) is 8.70. The van der Waals surface area contributed by atoms with Crippen LogP contribution >= 0.6 is 23.2 Å². The number of alkyl halides is 6. The lowest BCUT2D eigenvalue weighted by atomic mass is 10.3. The molecule has 33 heavy (non-hydrogen) atoms. The number of aliphatic hydroxyl groups is 1. The molecule has 0 bridgehead atoms. The molecule has 7 nitrogen and oxygen atoms in total. The Morgan fingerprint density at radius 1 is 0.758 bits per heavy atom. The van der Waals surface area contributed by atoms with Crippen LogP contribution < -0.4 is 0 Å². The van der Waals surface area contributed by atoms with E-state index in [1.165, 1.54) is 24.3 Å². The molecule has 0 amide bonds. The van der Waals surface area contributed by atoms with Crippen LogP contribution in [0.2, 0.25) is 10.0 Å². The second kappa shape index (κ2) is 9.69. The van der Waals surface area contributed by atoms with Gasteiger partial charge >= 0.3 is 12.4 Å². The molecule has 0 saturated carbocycles. The molecule has 0 unspecified atom stereocenters. The molecule has 0 aliphatic rings. The van der Waals surface area contributed by atoms with Crippen LogP contribution in [-0.2, 0) is 25.4 Å². The van der Waals surface area contributed by atoms with Gasteiger partial charge in [-0.05, 0) is 30.7 Å². The molecule has 0 fully saturated rings. The third-order valence-corrected chi connectivity index (χ3v) is 4.90. The number of aryl methyl sites for hydroxylation is 1. The molecule has 0 saturated heterocycles. The highest BCUT2D eigenvalue weighted by molar-refractivity contribution is 6.31. The fourth-order valence-corrected chi connectivity index (χ4v) is 3.37. The molecule has 4 aromatic rings. The van der Waals surface area contributed by atoms with E-state index in [9.17, 15) is 26.3 Å². The van der Waals surface area contributed by atoms with Crippen LogP contribution in [0.3, 0.4) is 0 Å². The molecule has 0 aliphatic carbocycles. The Balaban J connectivity index is 0.000000227. The molecule has 1 N–H and O–H groups in total. The molecule has 0 radical (unpaired) electrons. The number of hydrogen-bond acceptors (Lipinski definition) is 5. The third kappa shape index (κ3) is 5.14. The van der Waals surface area contributed by atoms with Crippen molar-refractivity contribution in [1.29, 1.82) is 0 Å². The number of rotatable bonds is 2. The zero-order valence-corrected chi connectivity index (χ0v) is 17.4. The highest BCUT2D eigenvalue weighted by Crippen LogP contribution is 2.31. The maximum Gasteiger partial charge on any atom is 0.452 e. The fraction of sp³-hybridized carbons (Fsp3) is 0.333. The summed E-state index contributed by atoms with van der Waals surface area (Å²) in [4.78, 5) is 0. The molecule has 4 rings (SSSR count). The van der Waals surface area contributed by atoms with Crippen molar-refractivity contribution in [1.82, 2.24) is 29.2 Å². The van der Waals surface area contributed by atoms with Gasteiger partial charge in [-0.3, -0.25) is 8.80 Å². The van der Waals surface area contributed by atoms with Gasteiger partial charge in [0.2, 0.25) is 11.6 Å². The molecule has 0 spiro atoms. The number of pyridine rings is 2. The number of aromatic nitrogens is 6. The first-order chi connectivity index (χ1) is 14.9. The third-order valence-electron chi connectivity index (χ3n) is 4.22. The smallest absolute Gasteiger partial charge is 0.390 e. The number of fused-ring (bicyclic) bond motifs is 2. The molecule has 15 heteroatoms. The van der Waals surface area contributed by atoms with Gasteiger partial charge in [0.15, 0.2) is 11.3 Å². The van der Waals surface area contributed by atoms with E-state index in [-0.39, 0.29) is 34.5 Å². The van der Waals surface area contributed by atoms with E-state index in [0.717, 1.165) is 4.40 Å². The highest BCUT2D eigenvalue weighted by Gasteiger charge is 2.38. The standard InChI is InChI=1S/C9H7ClF3N3.C8H5ClF3N3O.CH4/c1-2-6-5(10)3-4-7-14-15-8(16(6)7)9(11,12)13;9-4-1-2-6-13-14-7(8(10,11)12)15(6)5(4)3-16;/h3-4H,2H2,1H3;1-2,16H,3H2;1H4. The SMILES string of the molecule is C.CCc1c(Cl)ccc2nnc(C(F)(F)F)n12.OCc1c(Cl)ccc2nnc(C(F)(F)F)n12.